The number of carboxylic acid groups (broad SMARTS) is 1. The van der Waals surface area contributed by atoms with Crippen molar-refractivity contribution in [2.24, 2.45) is 5.92 Å². The lowest BCUT2D eigenvalue weighted by Gasteiger charge is -2.12. The van der Waals surface area contributed by atoms with Gasteiger partial charge in [-0.1, -0.05) is 25.4 Å². The van der Waals surface area contributed by atoms with Gasteiger partial charge in [-0.3, -0.25) is 4.79 Å². The van der Waals surface area contributed by atoms with Gasteiger partial charge in [0, 0.05) is 17.1 Å². The summed E-state index contributed by atoms with van der Waals surface area (Å²) >= 11 is 9.74. The highest BCUT2D eigenvalue weighted by molar-refractivity contribution is 9.10. The molecule has 26 heavy (non-hydrogen) atoms. The molecule has 0 fully saturated rings. The number of aliphatic carboxylic acids is 1. The lowest BCUT2D eigenvalue weighted by Crippen LogP contribution is -2.00. The Morgan fingerprint density at radius 1 is 1.31 bits per heavy atom. The fraction of sp³-hybridized carbons (Fsp3) is 0.250. The minimum absolute atomic E-state index is 0.0908. The van der Waals surface area contributed by atoms with Crippen LogP contribution in [0.1, 0.15) is 25.0 Å². The number of carbonyl (C=O) groups is 1. The number of fused-ring (bicyclic) bond motifs is 1. The van der Waals surface area contributed by atoms with Crippen LogP contribution in [0, 0.1) is 5.92 Å². The van der Waals surface area contributed by atoms with Gasteiger partial charge in [0.15, 0.2) is 5.75 Å². The summed E-state index contributed by atoms with van der Waals surface area (Å²) in [6.45, 7) is 4.38. The van der Waals surface area contributed by atoms with Crippen molar-refractivity contribution in [2.75, 3.05) is 0 Å². The summed E-state index contributed by atoms with van der Waals surface area (Å²) < 4.78 is 6.62. The Morgan fingerprint density at radius 3 is 2.73 bits per heavy atom. The molecule has 6 heteroatoms. The molecule has 2 aromatic carbocycles. The van der Waals surface area contributed by atoms with Crippen molar-refractivity contribution in [3.05, 3.63) is 57.2 Å². The molecule has 0 unspecified atom stereocenters. The van der Waals surface area contributed by atoms with Crippen LogP contribution in [0.25, 0.3) is 10.9 Å². The average Bonchev–Trinajstić information content (AvgIpc) is 2.92. The third kappa shape index (κ3) is 4.22. The van der Waals surface area contributed by atoms with Gasteiger partial charge in [-0.25, -0.2) is 0 Å². The van der Waals surface area contributed by atoms with E-state index in [0.717, 1.165) is 17.3 Å². The van der Waals surface area contributed by atoms with Gasteiger partial charge in [-0.15, -0.1) is 0 Å². The van der Waals surface area contributed by atoms with Crippen molar-refractivity contribution in [1.29, 1.82) is 0 Å². The molecular weight excluding hydrogens is 418 g/mol. The summed E-state index contributed by atoms with van der Waals surface area (Å²) in [6, 6.07) is 9.20. The van der Waals surface area contributed by atoms with E-state index in [4.69, 9.17) is 21.4 Å². The van der Waals surface area contributed by atoms with Crippen LogP contribution in [-0.2, 0) is 17.6 Å². The molecule has 4 nitrogen and oxygen atoms in total. The van der Waals surface area contributed by atoms with E-state index >= 15 is 0 Å². The summed E-state index contributed by atoms with van der Waals surface area (Å²) in [4.78, 5) is 14.2. The molecule has 0 amide bonds. The molecule has 136 valence electrons. The van der Waals surface area contributed by atoms with Crippen molar-refractivity contribution >= 4 is 44.4 Å². The van der Waals surface area contributed by atoms with Crippen LogP contribution < -0.4 is 4.74 Å². The second kappa shape index (κ2) is 7.72. The Morgan fingerprint density at radius 2 is 2.08 bits per heavy atom. The second-order valence-electron chi connectivity index (χ2n) is 6.68. The van der Waals surface area contributed by atoms with Crippen molar-refractivity contribution in [1.82, 2.24) is 4.98 Å². The summed E-state index contributed by atoms with van der Waals surface area (Å²) in [5, 5.41) is 10.4. The van der Waals surface area contributed by atoms with Gasteiger partial charge in [0.25, 0.3) is 0 Å². The quantitative estimate of drug-likeness (QED) is 0.483. The van der Waals surface area contributed by atoms with E-state index in [-0.39, 0.29) is 6.42 Å². The highest BCUT2D eigenvalue weighted by Crippen LogP contribution is 2.38. The molecular formula is C20H19BrClNO3. The van der Waals surface area contributed by atoms with E-state index in [2.05, 4.69) is 34.8 Å². The van der Waals surface area contributed by atoms with E-state index in [1.54, 1.807) is 12.1 Å². The number of rotatable bonds is 6. The Labute approximate surface area is 165 Å². The maximum Gasteiger partial charge on any atom is 0.307 e. The number of H-pyrrole nitrogens is 1. The van der Waals surface area contributed by atoms with Gasteiger partial charge in [-0.2, -0.15) is 0 Å². The van der Waals surface area contributed by atoms with Crippen LogP contribution >= 0.6 is 27.5 Å². The third-order valence-corrected chi connectivity index (χ3v) is 4.87. The zero-order valence-electron chi connectivity index (χ0n) is 14.5. The molecule has 3 rings (SSSR count). The predicted octanol–water partition coefficient (Wildman–Crippen LogP) is 6.20. The number of aromatic nitrogens is 1. The molecule has 3 aromatic rings. The number of nitrogens with one attached hydrogen (secondary N) is 1. The van der Waals surface area contributed by atoms with E-state index in [1.807, 2.05) is 24.4 Å². The molecule has 0 bridgehead atoms. The van der Waals surface area contributed by atoms with Crippen molar-refractivity contribution in [3.63, 3.8) is 0 Å². The molecule has 1 aromatic heterocycles. The number of benzene rings is 2. The maximum atomic E-state index is 10.9. The summed E-state index contributed by atoms with van der Waals surface area (Å²) in [6.07, 6.45) is 2.93. The number of hydrogen-bond acceptors (Lipinski definition) is 2. The first kappa shape index (κ1) is 18.8. The smallest absolute Gasteiger partial charge is 0.307 e. The molecule has 0 aliphatic carbocycles. The second-order valence-corrected chi connectivity index (χ2v) is 7.94. The van der Waals surface area contributed by atoms with Gasteiger partial charge >= 0.3 is 5.97 Å². The standard InChI is InChI=1S/C20H19BrClNO3/c1-11(2)5-13-10-23-18-4-3-14(9-15(13)18)26-20-16(21)6-12(7-17(20)22)8-19(24)25/h3-4,6-7,9-11,23H,5,8H2,1-2H3,(H,24,25). The van der Waals surface area contributed by atoms with Crippen LogP contribution in [0.2, 0.25) is 5.02 Å². The largest absolute Gasteiger partial charge is 0.481 e. The number of ether oxygens (including phenoxy) is 1. The van der Waals surface area contributed by atoms with E-state index < -0.39 is 5.97 Å². The minimum Gasteiger partial charge on any atom is -0.481 e. The summed E-state index contributed by atoms with van der Waals surface area (Å²) in [5.41, 5.74) is 2.93. The first-order chi connectivity index (χ1) is 12.3. The van der Waals surface area contributed by atoms with Crippen molar-refractivity contribution in [3.8, 4) is 11.5 Å². The highest BCUT2D eigenvalue weighted by atomic mass is 79.9. The van der Waals surface area contributed by atoms with Crippen molar-refractivity contribution < 1.29 is 14.6 Å². The Bertz CT molecular complexity index is 942. The first-order valence-electron chi connectivity index (χ1n) is 8.31. The monoisotopic (exact) mass is 435 g/mol. The van der Waals surface area contributed by atoms with Gasteiger partial charge in [0.2, 0.25) is 0 Å². The third-order valence-electron chi connectivity index (χ3n) is 4.00. The summed E-state index contributed by atoms with van der Waals surface area (Å²) in [5.74, 6) is 0.804. The molecule has 0 saturated carbocycles. The Balaban J connectivity index is 1.92. The zero-order chi connectivity index (χ0) is 18.8. The Kier molecular flexibility index (Phi) is 5.58. The highest BCUT2D eigenvalue weighted by Gasteiger charge is 2.13. The molecule has 0 radical (unpaired) electrons. The maximum absolute atomic E-state index is 10.9. The van der Waals surface area contributed by atoms with Gasteiger partial charge in [0.1, 0.15) is 5.75 Å². The molecule has 0 atom stereocenters. The number of halogens is 2. The molecule has 0 aliphatic rings. The van der Waals surface area contributed by atoms with Crippen molar-refractivity contribution in [2.45, 2.75) is 26.7 Å². The molecule has 0 spiro atoms. The van der Waals surface area contributed by atoms with Gasteiger partial charge in [-0.05, 0) is 69.7 Å². The van der Waals surface area contributed by atoms with E-state index in [0.29, 0.717) is 32.5 Å². The fourth-order valence-electron chi connectivity index (χ4n) is 2.93. The summed E-state index contributed by atoms with van der Waals surface area (Å²) in [7, 11) is 0. The average molecular weight is 437 g/mol. The van der Waals surface area contributed by atoms with Gasteiger partial charge < -0.3 is 14.8 Å². The first-order valence-corrected chi connectivity index (χ1v) is 9.48. The number of hydrogen-bond donors (Lipinski definition) is 2. The molecule has 0 saturated heterocycles. The lowest BCUT2D eigenvalue weighted by molar-refractivity contribution is -0.136. The fourth-order valence-corrected chi connectivity index (χ4v) is 3.92. The van der Waals surface area contributed by atoms with Crippen LogP contribution in [0.4, 0.5) is 0 Å². The lowest BCUT2D eigenvalue weighted by atomic mass is 10.0. The van der Waals surface area contributed by atoms with Gasteiger partial charge in [0.05, 0.1) is 15.9 Å². The molecule has 0 aliphatic heterocycles. The van der Waals surface area contributed by atoms with Crippen LogP contribution in [0.15, 0.2) is 41.0 Å². The topological polar surface area (TPSA) is 62.3 Å². The van der Waals surface area contributed by atoms with E-state index in [1.165, 1.54) is 5.56 Å². The SMILES string of the molecule is CC(C)Cc1c[nH]c2ccc(Oc3c(Cl)cc(CC(=O)O)cc3Br)cc12. The number of carboxylic acids is 1. The van der Waals surface area contributed by atoms with Crippen LogP contribution in [0.5, 0.6) is 11.5 Å². The minimum atomic E-state index is -0.905. The van der Waals surface area contributed by atoms with E-state index in [9.17, 15) is 4.79 Å². The van der Waals surface area contributed by atoms with Crippen LogP contribution in [0.3, 0.4) is 0 Å². The molecule has 1 heterocycles. The normalized spacial score (nSPS) is 11.3. The predicted molar refractivity (Wildman–Crippen MR) is 107 cm³/mol. The number of aromatic amines is 1. The zero-order valence-corrected chi connectivity index (χ0v) is 16.8. The molecule has 2 N–H and O–H groups in total. The Hall–Kier alpha value is -1.98. The van der Waals surface area contributed by atoms with Crippen LogP contribution in [-0.4, -0.2) is 16.1 Å².